The highest BCUT2D eigenvalue weighted by Gasteiger charge is 2.30. The molecule has 26 heavy (non-hydrogen) atoms. The molecular formula is C19H19F3N2O2. The van der Waals surface area contributed by atoms with Crippen LogP contribution in [0.1, 0.15) is 23.6 Å². The molecule has 0 radical (unpaired) electrons. The first-order chi connectivity index (χ1) is 12.1. The summed E-state index contributed by atoms with van der Waals surface area (Å²) < 4.78 is 38.3. The summed E-state index contributed by atoms with van der Waals surface area (Å²) in [5.74, 6) is -0.918. The zero-order valence-electron chi connectivity index (χ0n) is 14.6. The van der Waals surface area contributed by atoms with Crippen LogP contribution in [0.5, 0.6) is 0 Å². The van der Waals surface area contributed by atoms with Crippen molar-refractivity contribution in [3.8, 4) is 0 Å². The Kier molecular flexibility index (Phi) is 5.69. The van der Waals surface area contributed by atoms with Crippen LogP contribution >= 0.6 is 0 Å². The Morgan fingerprint density at radius 2 is 1.77 bits per heavy atom. The highest BCUT2D eigenvalue weighted by Crippen LogP contribution is 2.30. The number of rotatable bonds is 4. The van der Waals surface area contributed by atoms with Gasteiger partial charge < -0.3 is 10.2 Å². The van der Waals surface area contributed by atoms with E-state index in [0.29, 0.717) is 5.69 Å². The third-order valence-corrected chi connectivity index (χ3v) is 3.81. The van der Waals surface area contributed by atoms with Crippen molar-refractivity contribution < 1.29 is 22.8 Å². The van der Waals surface area contributed by atoms with Crippen molar-refractivity contribution in [1.29, 1.82) is 0 Å². The highest BCUT2D eigenvalue weighted by molar-refractivity contribution is 6.02. The highest BCUT2D eigenvalue weighted by atomic mass is 19.4. The second-order valence-electron chi connectivity index (χ2n) is 6.02. The second-order valence-corrected chi connectivity index (χ2v) is 6.02. The molecule has 0 heterocycles. The topological polar surface area (TPSA) is 49.4 Å². The second kappa shape index (κ2) is 7.59. The van der Waals surface area contributed by atoms with E-state index < -0.39 is 17.6 Å². The van der Waals surface area contributed by atoms with Crippen LogP contribution in [0.2, 0.25) is 0 Å². The molecule has 2 aromatic carbocycles. The van der Waals surface area contributed by atoms with Crippen LogP contribution in [0.15, 0.2) is 42.5 Å². The first kappa shape index (κ1) is 19.5. The van der Waals surface area contributed by atoms with Gasteiger partial charge in [0.05, 0.1) is 5.56 Å². The number of aryl methyl sites for hydroxylation is 2. The number of hydrogen-bond acceptors (Lipinski definition) is 2. The molecule has 0 saturated carbocycles. The number of nitrogens with zero attached hydrogens (tertiary/aromatic N) is 1. The Balaban J connectivity index is 2.19. The zero-order chi connectivity index (χ0) is 19.5. The van der Waals surface area contributed by atoms with Gasteiger partial charge in [0.2, 0.25) is 11.8 Å². The van der Waals surface area contributed by atoms with Crippen molar-refractivity contribution in [2.75, 3.05) is 16.8 Å². The van der Waals surface area contributed by atoms with Crippen molar-refractivity contribution in [2.45, 2.75) is 26.9 Å². The van der Waals surface area contributed by atoms with Gasteiger partial charge >= 0.3 is 6.18 Å². The lowest BCUT2D eigenvalue weighted by molar-refractivity contribution is -0.137. The minimum atomic E-state index is -4.50. The fraction of sp³-hybridized carbons (Fsp3) is 0.263. The van der Waals surface area contributed by atoms with Crippen molar-refractivity contribution in [1.82, 2.24) is 0 Å². The van der Waals surface area contributed by atoms with Gasteiger partial charge in [-0.25, -0.2) is 0 Å². The van der Waals surface area contributed by atoms with Gasteiger partial charge in [-0.15, -0.1) is 0 Å². The summed E-state index contributed by atoms with van der Waals surface area (Å²) >= 11 is 0. The monoisotopic (exact) mass is 364 g/mol. The molecule has 2 amide bonds. The van der Waals surface area contributed by atoms with Gasteiger partial charge in [-0.1, -0.05) is 18.2 Å². The molecule has 0 aliphatic rings. The van der Waals surface area contributed by atoms with Crippen molar-refractivity contribution >= 4 is 23.2 Å². The van der Waals surface area contributed by atoms with E-state index in [0.717, 1.165) is 23.3 Å². The fourth-order valence-corrected chi connectivity index (χ4v) is 2.49. The molecule has 0 aromatic heterocycles. The van der Waals surface area contributed by atoms with Crippen molar-refractivity contribution in [3.63, 3.8) is 0 Å². The number of carbonyl (C=O) groups is 2. The predicted molar refractivity (Wildman–Crippen MR) is 94.0 cm³/mol. The maximum absolute atomic E-state index is 12.8. The third-order valence-electron chi connectivity index (χ3n) is 3.81. The molecule has 7 heteroatoms. The van der Waals surface area contributed by atoms with Gasteiger partial charge in [0.15, 0.2) is 0 Å². The fourth-order valence-electron chi connectivity index (χ4n) is 2.49. The molecule has 0 atom stereocenters. The predicted octanol–water partition coefficient (Wildman–Crippen LogP) is 4.31. The SMILES string of the molecule is CC(=O)N(CC(=O)Nc1cccc(C(F)(F)F)c1)c1cc(C)ccc1C. The summed E-state index contributed by atoms with van der Waals surface area (Å²) in [6.07, 6.45) is -4.50. The third kappa shape index (κ3) is 4.84. The van der Waals surface area contributed by atoms with E-state index in [9.17, 15) is 22.8 Å². The smallest absolute Gasteiger partial charge is 0.325 e. The van der Waals surface area contributed by atoms with Gasteiger partial charge in [-0.3, -0.25) is 9.59 Å². The summed E-state index contributed by atoms with van der Waals surface area (Å²) in [5.41, 5.74) is 1.51. The molecule has 0 bridgehead atoms. The number of nitrogens with one attached hydrogen (secondary N) is 1. The largest absolute Gasteiger partial charge is 0.416 e. The van der Waals surface area contributed by atoms with E-state index in [1.807, 2.05) is 26.0 Å². The molecule has 2 rings (SSSR count). The quantitative estimate of drug-likeness (QED) is 0.879. The first-order valence-electron chi connectivity index (χ1n) is 7.90. The maximum atomic E-state index is 12.8. The molecule has 0 aliphatic heterocycles. The number of halogens is 3. The van der Waals surface area contributed by atoms with Gasteiger partial charge in [0.25, 0.3) is 0 Å². The molecule has 1 N–H and O–H groups in total. The summed E-state index contributed by atoms with van der Waals surface area (Å²) in [6, 6.07) is 9.87. The zero-order valence-corrected chi connectivity index (χ0v) is 14.6. The Morgan fingerprint density at radius 3 is 2.38 bits per heavy atom. The van der Waals surface area contributed by atoms with Crippen molar-refractivity contribution in [2.24, 2.45) is 0 Å². The normalized spacial score (nSPS) is 11.2. The molecule has 0 fully saturated rings. The van der Waals surface area contributed by atoms with Crippen LogP contribution in [0.4, 0.5) is 24.5 Å². The molecule has 0 spiro atoms. The van der Waals surface area contributed by atoms with Gasteiger partial charge in [0, 0.05) is 18.3 Å². The number of hydrogen-bond donors (Lipinski definition) is 1. The van der Waals surface area contributed by atoms with E-state index >= 15 is 0 Å². The maximum Gasteiger partial charge on any atom is 0.416 e. The van der Waals surface area contributed by atoms with E-state index in [2.05, 4.69) is 5.32 Å². The lowest BCUT2D eigenvalue weighted by Gasteiger charge is -2.23. The Hall–Kier alpha value is -2.83. The number of anilines is 2. The molecule has 4 nitrogen and oxygen atoms in total. The lowest BCUT2D eigenvalue weighted by atomic mass is 10.1. The van der Waals surface area contributed by atoms with Gasteiger partial charge in [-0.2, -0.15) is 13.2 Å². The average molecular weight is 364 g/mol. The summed E-state index contributed by atoms with van der Waals surface area (Å²) in [4.78, 5) is 25.5. The Morgan fingerprint density at radius 1 is 1.08 bits per heavy atom. The van der Waals surface area contributed by atoms with Crippen LogP contribution in [0, 0.1) is 13.8 Å². The lowest BCUT2D eigenvalue weighted by Crippen LogP contribution is -2.37. The summed E-state index contributed by atoms with van der Waals surface area (Å²) in [5, 5.41) is 2.41. The molecular weight excluding hydrogens is 345 g/mol. The van der Waals surface area contributed by atoms with Gasteiger partial charge in [0.1, 0.15) is 6.54 Å². The van der Waals surface area contributed by atoms with Crippen LogP contribution in [-0.4, -0.2) is 18.4 Å². The van der Waals surface area contributed by atoms with Crippen LogP contribution < -0.4 is 10.2 Å². The van der Waals surface area contributed by atoms with Crippen LogP contribution in [0.25, 0.3) is 0 Å². The first-order valence-corrected chi connectivity index (χ1v) is 7.90. The van der Waals surface area contributed by atoms with Crippen molar-refractivity contribution in [3.05, 3.63) is 59.2 Å². The van der Waals surface area contributed by atoms with E-state index in [4.69, 9.17) is 0 Å². The molecule has 0 unspecified atom stereocenters. The average Bonchev–Trinajstić information content (AvgIpc) is 2.54. The number of benzene rings is 2. The minimum absolute atomic E-state index is 0.0225. The number of amides is 2. The van der Waals surface area contributed by atoms with E-state index in [1.54, 1.807) is 6.07 Å². The summed E-state index contributed by atoms with van der Waals surface area (Å²) in [6.45, 7) is 4.72. The number of alkyl halides is 3. The Labute approximate surface area is 149 Å². The van der Waals surface area contributed by atoms with Gasteiger partial charge in [-0.05, 0) is 49.2 Å². The van der Waals surface area contributed by atoms with E-state index in [1.165, 1.54) is 24.0 Å². The Bertz CT molecular complexity index is 832. The molecule has 2 aromatic rings. The standard InChI is InChI=1S/C19H19F3N2O2/c1-12-7-8-13(2)17(9-12)24(14(3)25)11-18(26)23-16-6-4-5-15(10-16)19(20,21)22/h4-10H,11H2,1-3H3,(H,23,26). The molecule has 0 saturated heterocycles. The number of carbonyl (C=O) groups excluding carboxylic acids is 2. The molecule has 0 aliphatic carbocycles. The minimum Gasteiger partial charge on any atom is -0.325 e. The summed E-state index contributed by atoms with van der Waals surface area (Å²) in [7, 11) is 0. The van der Waals surface area contributed by atoms with Crippen LogP contribution in [0.3, 0.4) is 0 Å². The molecule has 138 valence electrons. The van der Waals surface area contributed by atoms with Crippen LogP contribution in [-0.2, 0) is 15.8 Å². The van der Waals surface area contributed by atoms with E-state index in [-0.39, 0.29) is 18.1 Å².